The van der Waals surface area contributed by atoms with Crippen molar-refractivity contribution < 1.29 is 14.4 Å². The predicted molar refractivity (Wildman–Crippen MR) is 93.3 cm³/mol. The van der Waals surface area contributed by atoms with Crippen LogP contribution in [0.2, 0.25) is 0 Å². The van der Waals surface area contributed by atoms with Crippen molar-refractivity contribution in [1.82, 2.24) is 4.98 Å². The van der Waals surface area contributed by atoms with Gasteiger partial charge in [0, 0.05) is 28.9 Å². The lowest BCUT2D eigenvalue weighted by Gasteiger charge is -2.20. The molecule has 1 aromatic heterocycles. The maximum absolute atomic E-state index is 12.4. The van der Waals surface area contributed by atoms with Gasteiger partial charge in [-0.1, -0.05) is 19.1 Å². The molecule has 1 aromatic carbocycles. The van der Waals surface area contributed by atoms with E-state index in [2.05, 4.69) is 10.3 Å². The van der Waals surface area contributed by atoms with Crippen molar-refractivity contribution in [2.24, 2.45) is 5.92 Å². The summed E-state index contributed by atoms with van der Waals surface area (Å²) in [7, 11) is 0. The maximum Gasteiger partial charge on any atom is 0.261 e. The lowest BCUT2D eigenvalue weighted by atomic mass is 9.86. The van der Waals surface area contributed by atoms with Gasteiger partial charge in [-0.15, -0.1) is 0 Å². The summed E-state index contributed by atoms with van der Waals surface area (Å²) in [5.41, 5.74) is 1.22. The van der Waals surface area contributed by atoms with E-state index >= 15 is 0 Å². The molecule has 0 saturated heterocycles. The van der Waals surface area contributed by atoms with Crippen LogP contribution in [0.25, 0.3) is 0 Å². The maximum atomic E-state index is 12.4. The summed E-state index contributed by atoms with van der Waals surface area (Å²) in [6, 6.07) is 7.83. The van der Waals surface area contributed by atoms with Gasteiger partial charge in [-0.2, -0.15) is 0 Å². The number of Topliss-reactive ketones (excluding diaryl/α,β-unsaturated/α-hetero) is 2. The number of carbonyl (C=O) groups is 3. The molecule has 0 aliphatic heterocycles. The number of benzene rings is 1. The molecule has 1 heterocycles. The van der Waals surface area contributed by atoms with Crippen molar-refractivity contribution >= 4 is 23.2 Å². The van der Waals surface area contributed by atoms with Crippen LogP contribution in [-0.2, 0) is 6.42 Å². The molecule has 2 aromatic rings. The molecule has 128 valence electrons. The summed E-state index contributed by atoms with van der Waals surface area (Å²) in [5, 5.41) is 2.60. The molecule has 6 heteroatoms. The lowest BCUT2D eigenvalue weighted by molar-refractivity contribution is 0.0951. The number of H-pyrrole nitrogens is 1. The predicted octanol–water partition coefficient (Wildman–Crippen LogP) is 2.59. The molecule has 1 amide bonds. The van der Waals surface area contributed by atoms with Crippen molar-refractivity contribution in [2.75, 3.05) is 5.32 Å². The Labute approximate surface area is 144 Å². The number of hydrogen-bond acceptors (Lipinski definition) is 4. The Morgan fingerprint density at radius 2 is 1.92 bits per heavy atom. The van der Waals surface area contributed by atoms with Gasteiger partial charge in [-0.3, -0.25) is 19.2 Å². The topological polar surface area (TPSA) is 96.1 Å². The van der Waals surface area contributed by atoms with E-state index in [0.717, 1.165) is 0 Å². The molecule has 0 bridgehead atoms. The van der Waals surface area contributed by atoms with Gasteiger partial charge in [0.2, 0.25) is 0 Å². The molecule has 1 aliphatic rings. The van der Waals surface area contributed by atoms with E-state index in [9.17, 15) is 19.2 Å². The second-order valence-electron chi connectivity index (χ2n) is 6.43. The third-order valence-electron chi connectivity index (χ3n) is 4.28. The van der Waals surface area contributed by atoms with Crippen molar-refractivity contribution in [1.29, 1.82) is 0 Å². The van der Waals surface area contributed by atoms with Gasteiger partial charge in [-0.25, -0.2) is 0 Å². The number of amides is 1. The summed E-state index contributed by atoms with van der Waals surface area (Å²) in [6.45, 7) is 3.38. The zero-order valence-electron chi connectivity index (χ0n) is 14.0. The number of hydrogen-bond donors (Lipinski definition) is 2. The summed E-state index contributed by atoms with van der Waals surface area (Å²) in [5.74, 6) is -0.638. The Hall–Kier alpha value is -3.02. The minimum atomic E-state index is -0.615. The summed E-state index contributed by atoms with van der Waals surface area (Å²) >= 11 is 0. The molecule has 1 aliphatic carbocycles. The molecule has 0 fully saturated rings. The Morgan fingerprint density at radius 3 is 2.64 bits per heavy atom. The van der Waals surface area contributed by atoms with Gasteiger partial charge < -0.3 is 10.3 Å². The quantitative estimate of drug-likeness (QED) is 0.841. The molecule has 1 atom stereocenters. The molecule has 0 unspecified atom stereocenters. The van der Waals surface area contributed by atoms with Gasteiger partial charge in [0.05, 0.1) is 0 Å². The average molecular weight is 338 g/mol. The van der Waals surface area contributed by atoms with Crippen molar-refractivity contribution in [3.63, 3.8) is 0 Å². The van der Waals surface area contributed by atoms with E-state index in [1.165, 1.54) is 13.0 Å². The van der Waals surface area contributed by atoms with Gasteiger partial charge in [0.1, 0.15) is 5.56 Å². The van der Waals surface area contributed by atoms with Crippen LogP contribution in [0, 0.1) is 5.92 Å². The van der Waals surface area contributed by atoms with Gasteiger partial charge in [0.25, 0.3) is 11.5 Å². The van der Waals surface area contributed by atoms with Crippen molar-refractivity contribution in [3.05, 3.63) is 63.1 Å². The first-order valence-corrected chi connectivity index (χ1v) is 8.07. The van der Waals surface area contributed by atoms with Gasteiger partial charge in [0.15, 0.2) is 11.6 Å². The highest BCUT2D eigenvalue weighted by molar-refractivity contribution is 6.07. The highest BCUT2D eigenvalue weighted by Crippen LogP contribution is 2.23. The molecule has 0 saturated carbocycles. The van der Waals surface area contributed by atoms with Crippen LogP contribution >= 0.6 is 0 Å². The Kier molecular flexibility index (Phi) is 4.35. The molecular weight excluding hydrogens is 320 g/mol. The van der Waals surface area contributed by atoms with Crippen LogP contribution in [-0.4, -0.2) is 22.5 Å². The minimum absolute atomic E-state index is 0.0716. The zero-order chi connectivity index (χ0) is 18.1. The summed E-state index contributed by atoms with van der Waals surface area (Å²) in [6.07, 6.45) is 1.01. The van der Waals surface area contributed by atoms with Crippen LogP contribution in [0.3, 0.4) is 0 Å². The number of pyridine rings is 1. The number of rotatable bonds is 3. The number of carbonyl (C=O) groups excluding carboxylic acids is 3. The fourth-order valence-corrected chi connectivity index (χ4v) is 3.01. The Bertz CT molecular complexity index is 943. The van der Waals surface area contributed by atoms with Crippen LogP contribution in [0.1, 0.15) is 57.0 Å². The molecule has 0 spiro atoms. The highest BCUT2D eigenvalue weighted by Gasteiger charge is 2.25. The van der Waals surface area contributed by atoms with Gasteiger partial charge in [-0.05, 0) is 37.5 Å². The monoisotopic (exact) mass is 338 g/mol. The first-order valence-electron chi connectivity index (χ1n) is 8.07. The molecule has 2 N–H and O–H groups in total. The normalized spacial score (nSPS) is 16.2. The van der Waals surface area contributed by atoms with E-state index in [1.807, 2.05) is 6.92 Å². The third kappa shape index (κ3) is 3.42. The number of aromatic nitrogens is 1. The number of anilines is 1. The van der Waals surface area contributed by atoms with Gasteiger partial charge >= 0.3 is 0 Å². The first-order chi connectivity index (χ1) is 11.8. The summed E-state index contributed by atoms with van der Waals surface area (Å²) in [4.78, 5) is 50.9. The molecule has 3 rings (SSSR count). The van der Waals surface area contributed by atoms with Crippen LogP contribution in [0.15, 0.2) is 35.1 Å². The fourth-order valence-electron chi connectivity index (χ4n) is 3.01. The Morgan fingerprint density at radius 1 is 1.16 bits per heavy atom. The average Bonchev–Trinajstić information content (AvgIpc) is 2.54. The van der Waals surface area contributed by atoms with E-state index in [-0.39, 0.29) is 23.0 Å². The SMILES string of the molecule is CC(=O)c1cccc(NC(=O)c2cc3c([nH]c2=O)C[C@H](C)CC3=O)c1. The molecular formula is C19H18N2O4. The number of aromatic amines is 1. The van der Waals surface area contributed by atoms with Crippen LogP contribution in [0.5, 0.6) is 0 Å². The lowest BCUT2D eigenvalue weighted by Crippen LogP contribution is -2.29. The van der Waals surface area contributed by atoms with E-state index < -0.39 is 11.5 Å². The zero-order valence-corrected chi connectivity index (χ0v) is 14.0. The third-order valence-corrected chi connectivity index (χ3v) is 4.28. The summed E-state index contributed by atoms with van der Waals surface area (Å²) < 4.78 is 0. The highest BCUT2D eigenvalue weighted by atomic mass is 16.2. The van der Waals surface area contributed by atoms with Crippen molar-refractivity contribution in [2.45, 2.75) is 26.7 Å². The standard InChI is InChI=1S/C19H18N2O4/c1-10-6-16-14(17(23)7-10)9-15(19(25)21-16)18(24)20-13-5-3-4-12(8-13)11(2)22/h3-5,8-10H,6-7H2,1-2H3,(H,20,24)(H,21,25)/t10-/m0/s1. The molecule has 6 nitrogen and oxygen atoms in total. The first kappa shape index (κ1) is 16.8. The second-order valence-corrected chi connectivity index (χ2v) is 6.43. The van der Waals surface area contributed by atoms with E-state index in [4.69, 9.17) is 0 Å². The van der Waals surface area contributed by atoms with Crippen LogP contribution < -0.4 is 10.9 Å². The largest absolute Gasteiger partial charge is 0.325 e. The smallest absolute Gasteiger partial charge is 0.261 e. The minimum Gasteiger partial charge on any atom is -0.325 e. The molecule has 0 radical (unpaired) electrons. The number of ketones is 2. The van der Waals surface area contributed by atoms with E-state index in [0.29, 0.717) is 35.3 Å². The van der Waals surface area contributed by atoms with Crippen LogP contribution in [0.4, 0.5) is 5.69 Å². The Balaban J connectivity index is 1.92. The molecule has 25 heavy (non-hydrogen) atoms. The number of nitrogens with one attached hydrogen (secondary N) is 2. The number of fused-ring (bicyclic) bond motifs is 1. The fraction of sp³-hybridized carbons (Fsp3) is 0.263. The van der Waals surface area contributed by atoms with Crippen molar-refractivity contribution in [3.8, 4) is 0 Å². The second kappa shape index (κ2) is 6.47. The van der Waals surface area contributed by atoms with E-state index in [1.54, 1.807) is 24.3 Å².